The predicted octanol–water partition coefficient (Wildman–Crippen LogP) is 4.35. The third-order valence-electron chi connectivity index (χ3n) is 3.11. The molecule has 0 saturated carbocycles. The maximum absolute atomic E-state index is 13.2. The van der Waals surface area contributed by atoms with Crippen LogP contribution in [0.25, 0.3) is 16.7 Å². The maximum Gasteiger partial charge on any atom is 0.450 e. The van der Waals surface area contributed by atoms with E-state index in [4.69, 9.17) is 0 Å². The van der Waals surface area contributed by atoms with E-state index in [9.17, 15) is 13.2 Å². The van der Waals surface area contributed by atoms with Crippen molar-refractivity contribution in [2.24, 2.45) is 0 Å². The van der Waals surface area contributed by atoms with E-state index in [1.807, 2.05) is 6.92 Å². The standard InChI is InChI=1S/C15H11F3N2/c1-10-6-8-11(9-7-10)20-13-5-3-2-4-12(13)19-14(20)15(16,17)18/h2-9H,1H3. The van der Waals surface area contributed by atoms with Crippen molar-refractivity contribution >= 4 is 11.0 Å². The summed E-state index contributed by atoms with van der Waals surface area (Å²) in [4.78, 5) is 3.72. The van der Waals surface area contributed by atoms with Crippen LogP contribution < -0.4 is 0 Å². The van der Waals surface area contributed by atoms with Crippen LogP contribution >= 0.6 is 0 Å². The minimum absolute atomic E-state index is 0.334. The van der Waals surface area contributed by atoms with Crippen LogP contribution in [-0.2, 0) is 6.18 Å². The van der Waals surface area contributed by atoms with Gasteiger partial charge in [-0.1, -0.05) is 29.8 Å². The van der Waals surface area contributed by atoms with Crippen molar-refractivity contribution in [3.63, 3.8) is 0 Å². The first-order valence-electron chi connectivity index (χ1n) is 6.08. The number of benzene rings is 2. The molecule has 20 heavy (non-hydrogen) atoms. The van der Waals surface area contributed by atoms with Gasteiger partial charge < -0.3 is 0 Å². The first-order valence-corrected chi connectivity index (χ1v) is 6.08. The van der Waals surface area contributed by atoms with Gasteiger partial charge in [0.15, 0.2) is 0 Å². The molecule has 0 aliphatic carbocycles. The molecule has 5 heteroatoms. The molecule has 0 bridgehead atoms. The van der Waals surface area contributed by atoms with Gasteiger partial charge in [0.05, 0.1) is 11.0 Å². The Morgan fingerprint density at radius 1 is 0.950 bits per heavy atom. The number of para-hydroxylation sites is 2. The molecule has 0 fully saturated rings. The Bertz CT molecular complexity index is 755. The van der Waals surface area contributed by atoms with Gasteiger partial charge in [-0.2, -0.15) is 13.2 Å². The van der Waals surface area contributed by atoms with E-state index in [0.717, 1.165) is 10.1 Å². The van der Waals surface area contributed by atoms with Crippen molar-refractivity contribution in [3.8, 4) is 5.69 Å². The van der Waals surface area contributed by atoms with Crippen molar-refractivity contribution in [3.05, 3.63) is 59.9 Å². The second-order valence-corrected chi connectivity index (χ2v) is 4.59. The molecule has 2 aromatic carbocycles. The fourth-order valence-corrected chi connectivity index (χ4v) is 2.17. The minimum Gasteiger partial charge on any atom is -0.289 e. The lowest BCUT2D eigenvalue weighted by atomic mass is 10.2. The number of rotatable bonds is 1. The molecule has 0 aliphatic rings. The largest absolute Gasteiger partial charge is 0.450 e. The molecule has 0 N–H and O–H groups in total. The normalized spacial score (nSPS) is 12.0. The molecule has 0 radical (unpaired) electrons. The summed E-state index contributed by atoms with van der Waals surface area (Å²) in [5.74, 6) is -0.900. The van der Waals surface area contributed by atoms with Crippen LogP contribution in [0.3, 0.4) is 0 Å². The van der Waals surface area contributed by atoms with Crippen LogP contribution in [0.2, 0.25) is 0 Å². The molecule has 3 rings (SSSR count). The molecule has 0 saturated heterocycles. The van der Waals surface area contributed by atoms with Crippen molar-refractivity contribution < 1.29 is 13.2 Å². The summed E-state index contributed by atoms with van der Waals surface area (Å²) in [6.07, 6.45) is -4.50. The van der Waals surface area contributed by atoms with E-state index in [1.54, 1.807) is 48.5 Å². The highest BCUT2D eigenvalue weighted by atomic mass is 19.4. The van der Waals surface area contributed by atoms with Crippen molar-refractivity contribution in [1.29, 1.82) is 0 Å². The van der Waals surface area contributed by atoms with Gasteiger partial charge in [-0.3, -0.25) is 4.57 Å². The summed E-state index contributed by atoms with van der Waals surface area (Å²) in [6, 6.07) is 13.5. The Morgan fingerprint density at radius 2 is 1.60 bits per heavy atom. The van der Waals surface area contributed by atoms with Gasteiger partial charge in [0.2, 0.25) is 5.82 Å². The molecule has 102 valence electrons. The Labute approximate surface area is 113 Å². The van der Waals surface area contributed by atoms with Crippen LogP contribution in [0.5, 0.6) is 0 Å². The molecule has 0 spiro atoms. The van der Waals surface area contributed by atoms with Gasteiger partial charge in [-0.05, 0) is 31.2 Å². The van der Waals surface area contributed by atoms with Gasteiger partial charge in [0.25, 0.3) is 0 Å². The van der Waals surface area contributed by atoms with E-state index in [-0.39, 0.29) is 0 Å². The van der Waals surface area contributed by atoms with Crippen molar-refractivity contribution in [1.82, 2.24) is 9.55 Å². The highest BCUT2D eigenvalue weighted by molar-refractivity contribution is 5.78. The summed E-state index contributed by atoms with van der Waals surface area (Å²) in [6.45, 7) is 1.89. The second-order valence-electron chi connectivity index (χ2n) is 4.59. The number of hydrogen-bond acceptors (Lipinski definition) is 1. The fourth-order valence-electron chi connectivity index (χ4n) is 2.17. The zero-order chi connectivity index (χ0) is 14.3. The molecule has 2 nitrogen and oxygen atoms in total. The monoisotopic (exact) mass is 276 g/mol. The van der Waals surface area contributed by atoms with Crippen LogP contribution in [0.1, 0.15) is 11.4 Å². The molecule has 0 aliphatic heterocycles. The molecule has 0 amide bonds. The number of nitrogens with zero attached hydrogens (tertiary/aromatic N) is 2. The van der Waals surface area contributed by atoms with E-state index in [0.29, 0.717) is 16.7 Å². The summed E-state index contributed by atoms with van der Waals surface area (Å²) in [7, 11) is 0. The predicted molar refractivity (Wildman–Crippen MR) is 70.8 cm³/mol. The zero-order valence-electron chi connectivity index (χ0n) is 10.6. The maximum atomic E-state index is 13.2. The highest BCUT2D eigenvalue weighted by Crippen LogP contribution is 2.33. The van der Waals surface area contributed by atoms with Crippen LogP contribution in [0.4, 0.5) is 13.2 Å². The highest BCUT2D eigenvalue weighted by Gasteiger charge is 2.37. The van der Waals surface area contributed by atoms with E-state index >= 15 is 0 Å². The number of fused-ring (bicyclic) bond motifs is 1. The summed E-state index contributed by atoms with van der Waals surface area (Å²) >= 11 is 0. The molecule has 3 aromatic rings. The third-order valence-corrected chi connectivity index (χ3v) is 3.11. The summed E-state index contributed by atoms with van der Waals surface area (Å²) in [5.41, 5.74) is 2.23. The minimum atomic E-state index is -4.50. The van der Waals surface area contributed by atoms with E-state index < -0.39 is 12.0 Å². The Kier molecular flexibility index (Phi) is 2.78. The van der Waals surface area contributed by atoms with E-state index in [2.05, 4.69) is 4.98 Å². The Morgan fingerprint density at radius 3 is 2.25 bits per heavy atom. The molecular weight excluding hydrogens is 265 g/mol. The van der Waals surface area contributed by atoms with Gasteiger partial charge in [-0.15, -0.1) is 0 Å². The van der Waals surface area contributed by atoms with Crippen molar-refractivity contribution in [2.45, 2.75) is 13.1 Å². The lowest BCUT2D eigenvalue weighted by molar-refractivity contribution is -0.145. The number of imidazole rings is 1. The quantitative estimate of drug-likeness (QED) is 0.646. The second kappa shape index (κ2) is 4.37. The van der Waals surface area contributed by atoms with Gasteiger partial charge in [0, 0.05) is 5.69 Å². The lowest BCUT2D eigenvalue weighted by Gasteiger charge is -2.11. The molecule has 0 atom stereocenters. The SMILES string of the molecule is Cc1ccc(-n2c(C(F)(F)F)nc3ccccc32)cc1. The first kappa shape index (κ1) is 12.7. The number of halogens is 3. The Hall–Kier alpha value is -2.30. The molecule has 0 unspecified atom stereocenters. The zero-order valence-corrected chi connectivity index (χ0v) is 10.6. The number of aryl methyl sites for hydroxylation is 1. The number of hydrogen-bond donors (Lipinski definition) is 0. The topological polar surface area (TPSA) is 17.8 Å². The van der Waals surface area contributed by atoms with Gasteiger partial charge in [-0.25, -0.2) is 4.98 Å². The van der Waals surface area contributed by atoms with Gasteiger partial charge >= 0.3 is 6.18 Å². The molecule has 1 heterocycles. The number of alkyl halides is 3. The van der Waals surface area contributed by atoms with Crippen molar-refractivity contribution in [2.75, 3.05) is 0 Å². The average Bonchev–Trinajstić information content (AvgIpc) is 2.79. The van der Waals surface area contributed by atoms with E-state index in [1.165, 1.54) is 0 Å². The fraction of sp³-hybridized carbons (Fsp3) is 0.133. The average molecular weight is 276 g/mol. The number of aromatic nitrogens is 2. The smallest absolute Gasteiger partial charge is 0.289 e. The van der Waals surface area contributed by atoms with Gasteiger partial charge in [0.1, 0.15) is 0 Å². The first-order chi connectivity index (χ1) is 9.47. The summed E-state index contributed by atoms with van der Waals surface area (Å²) in [5, 5.41) is 0. The molecular formula is C15H11F3N2. The van der Waals surface area contributed by atoms with Crippen LogP contribution in [0, 0.1) is 6.92 Å². The lowest BCUT2D eigenvalue weighted by Crippen LogP contribution is -2.13. The third kappa shape index (κ3) is 2.05. The Balaban J connectivity index is 2.34. The molecule has 1 aromatic heterocycles. The summed E-state index contributed by atoms with van der Waals surface area (Å²) < 4.78 is 40.7. The van der Waals surface area contributed by atoms with Crippen LogP contribution in [-0.4, -0.2) is 9.55 Å². The van der Waals surface area contributed by atoms with Crippen LogP contribution in [0.15, 0.2) is 48.5 Å².